The van der Waals surface area contributed by atoms with Gasteiger partial charge in [0.2, 0.25) is 0 Å². The van der Waals surface area contributed by atoms with Crippen LogP contribution in [0, 0.1) is 0 Å². The van der Waals surface area contributed by atoms with Crippen LogP contribution in [0.1, 0.15) is 51.4 Å². The molecule has 0 atom stereocenters. The van der Waals surface area contributed by atoms with Crippen LogP contribution < -0.4 is 0 Å². The molecule has 0 saturated carbocycles. The third kappa shape index (κ3) is 32.4. The Hall–Kier alpha value is -1.24. The summed E-state index contributed by atoms with van der Waals surface area (Å²) < 4.78 is 0. The molecule has 0 fully saturated rings. The van der Waals surface area contributed by atoms with Crippen LogP contribution in [-0.4, -0.2) is 44.3 Å². The Kier molecular flexibility index (Phi) is 19.8. The minimum absolute atomic E-state index is 0. The van der Waals surface area contributed by atoms with Gasteiger partial charge in [-0.05, 0) is 25.7 Å². The Balaban J connectivity index is -0.000000295. The van der Waals surface area contributed by atoms with Gasteiger partial charge < -0.3 is 20.4 Å². The summed E-state index contributed by atoms with van der Waals surface area (Å²) in [6.07, 6.45) is 2.04. The largest absolute Gasteiger partial charge is 0.481 e. The van der Waals surface area contributed by atoms with Crippen LogP contribution in [0.2, 0.25) is 0 Å². The van der Waals surface area contributed by atoms with Crippen LogP contribution >= 0.6 is 0 Å². The molecule has 0 bridgehead atoms. The van der Waals surface area contributed by atoms with E-state index in [9.17, 15) is 19.2 Å². The standard InChI is InChI=1S/2C6H10O4.Zr/c2*7-5(8)3-1-2-4-6(9)10;/h2*1-4H2,(H,7,8)(H,9,10);. The third-order valence-corrected chi connectivity index (χ3v) is 2.06. The van der Waals surface area contributed by atoms with Crippen molar-refractivity contribution in [2.45, 2.75) is 51.4 Å². The van der Waals surface area contributed by atoms with Crippen molar-refractivity contribution in [3.8, 4) is 0 Å². The zero-order chi connectivity index (χ0) is 16.0. The molecule has 9 heteroatoms. The molecule has 0 radical (unpaired) electrons. The average molecular weight is 384 g/mol. The molecular formula is C12H20O8Zr. The van der Waals surface area contributed by atoms with E-state index in [0.717, 1.165) is 0 Å². The van der Waals surface area contributed by atoms with Crippen molar-refractivity contribution in [1.82, 2.24) is 0 Å². The summed E-state index contributed by atoms with van der Waals surface area (Å²) in [4.78, 5) is 39.6. The molecule has 0 rings (SSSR count). The van der Waals surface area contributed by atoms with E-state index in [1.54, 1.807) is 0 Å². The molecular weight excluding hydrogens is 363 g/mol. The molecule has 8 nitrogen and oxygen atoms in total. The number of rotatable bonds is 10. The summed E-state index contributed by atoms with van der Waals surface area (Å²) in [6, 6.07) is 0. The molecule has 21 heavy (non-hydrogen) atoms. The van der Waals surface area contributed by atoms with E-state index >= 15 is 0 Å². The van der Waals surface area contributed by atoms with Gasteiger partial charge in [-0.3, -0.25) is 19.2 Å². The Bertz CT molecular complexity index is 265. The Morgan fingerprint density at radius 3 is 0.714 bits per heavy atom. The normalized spacial score (nSPS) is 8.76. The predicted molar refractivity (Wildman–Crippen MR) is 67.5 cm³/mol. The van der Waals surface area contributed by atoms with E-state index in [2.05, 4.69) is 0 Å². The molecule has 0 aliphatic heterocycles. The number of hydrogen-bond donors (Lipinski definition) is 4. The predicted octanol–water partition coefficient (Wildman–Crippen LogP) is 1.43. The van der Waals surface area contributed by atoms with Crippen molar-refractivity contribution < 1.29 is 65.8 Å². The minimum Gasteiger partial charge on any atom is -0.481 e. The van der Waals surface area contributed by atoms with E-state index in [-0.39, 0.29) is 51.9 Å². The molecule has 0 heterocycles. The van der Waals surface area contributed by atoms with Crippen LogP contribution in [0.15, 0.2) is 0 Å². The van der Waals surface area contributed by atoms with Gasteiger partial charge in [0.15, 0.2) is 0 Å². The molecule has 0 unspecified atom stereocenters. The van der Waals surface area contributed by atoms with Gasteiger partial charge in [-0.25, -0.2) is 0 Å². The number of hydrogen-bond acceptors (Lipinski definition) is 4. The summed E-state index contributed by atoms with van der Waals surface area (Å²) in [7, 11) is 0. The van der Waals surface area contributed by atoms with Gasteiger partial charge >= 0.3 is 23.9 Å². The van der Waals surface area contributed by atoms with Gasteiger partial charge in [-0.2, -0.15) is 0 Å². The maximum absolute atomic E-state index is 9.90. The number of carboxylic acid groups (broad SMARTS) is 4. The zero-order valence-electron chi connectivity index (χ0n) is 11.6. The van der Waals surface area contributed by atoms with Gasteiger partial charge in [0.05, 0.1) is 0 Å². The summed E-state index contributed by atoms with van der Waals surface area (Å²) in [5.41, 5.74) is 0. The topological polar surface area (TPSA) is 149 Å². The Morgan fingerprint density at radius 1 is 0.476 bits per heavy atom. The van der Waals surface area contributed by atoms with Gasteiger partial charge in [-0.1, -0.05) is 0 Å². The van der Waals surface area contributed by atoms with Crippen LogP contribution in [0.5, 0.6) is 0 Å². The monoisotopic (exact) mass is 382 g/mol. The van der Waals surface area contributed by atoms with Crippen molar-refractivity contribution in [2.24, 2.45) is 0 Å². The second kappa shape index (κ2) is 16.8. The molecule has 0 aliphatic carbocycles. The Morgan fingerprint density at radius 2 is 0.619 bits per heavy atom. The molecule has 0 spiro atoms. The number of aliphatic carboxylic acids is 4. The van der Waals surface area contributed by atoms with Gasteiger partial charge in [0, 0.05) is 51.9 Å². The summed E-state index contributed by atoms with van der Waals surface area (Å²) >= 11 is 0. The van der Waals surface area contributed by atoms with Gasteiger partial charge in [-0.15, -0.1) is 0 Å². The minimum atomic E-state index is -0.870. The maximum Gasteiger partial charge on any atom is 0.303 e. The third-order valence-electron chi connectivity index (χ3n) is 2.06. The summed E-state index contributed by atoms with van der Waals surface area (Å²) in [5.74, 6) is -3.48. The fraction of sp³-hybridized carbons (Fsp3) is 0.667. The molecule has 0 amide bonds. The first-order chi connectivity index (χ1) is 9.25. The zero-order valence-corrected chi connectivity index (χ0v) is 14.0. The first-order valence-electron chi connectivity index (χ1n) is 6.13. The molecule has 4 N–H and O–H groups in total. The van der Waals surface area contributed by atoms with Gasteiger partial charge in [0.1, 0.15) is 0 Å². The van der Waals surface area contributed by atoms with Crippen molar-refractivity contribution in [3.63, 3.8) is 0 Å². The fourth-order valence-electron chi connectivity index (χ4n) is 1.10. The molecule has 0 aromatic carbocycles. The van der Waals surface area contributed by atoms with E-state index in [0.29, 0.717) is 25.7 Å². The summed E-state index contributed by atoms with van der Waals surface area (Å²) in [5, 5.41) is 32.5. The van der Waals surface area contributed by atoms with Crippen LogP contribution in [-0.2, 0) is 45.4 Å². The van der Waals surface area contributed by atoms with Crippen molar-refractivity contribution in [3.05, 3.63) is 0 Å². The number of unbranched alkanes of at least 4 members (excludes halogenated alkanes) is 2. The van der Waals surface area contributed by atoms with Crippen LogP contribution in [0.4, 0.5) is 0 Å². The number of carboxylic acids is 4. The smallest absolute Gasteiger partial charge is 0.303 e. The van der Waals surface area contributed by atoms with E-state index < -0.39 is 23.9 Å². The first-order valence-corrected chi connectivity index (χ1v) is 6.13. The maximum atomic E-state index is 9.90. The molecule has 0 aliphatic rings. The van der Waals surface area contributed by atoms with E-state index in [4.69, 9.17) is 20.4 Å². The molecule has 0 saturated heterocycles. The second-order valence-corrected chi connectivity index (χ2v) is 3.99. The summed E-state index contributed by atoms with van der Waals surface area (Å²) in [6.45, 7) is 0. The SMILES string of the molecule is O=C(O)CCCCC(=O)O.O=C(O)CCCCC(=O)O.[Zr]. The van der Waals surface area contributed by atoms with Crippen molar-refractivity contribution in [1.29, 1.82) is 0 Å². The quantitative estimate of drug-likeness (QED) is 0.414. The fourth-order valence-corrected chi connectivity index (χ4v) is 1.10. The van der Waals surface area contributed by atoms with Crippen molar-refractivity contribution in [2.75, 3.05) is 0 Å². The molecule has 0 aromatic heterocycles. The van der Waals surface area contributed by atoms with Crippen LogP contribution in [0.25, 0.3) is 0 Å². The van der Waals surface area contributed by atoms with E-state index in [1.807, 2.05) is 0 Å². The van der Waals surface area contributed by atoms with Crippen LogP contribution in [0.3, 0.4) is 0 Å². The Labute approximate surface area is 141 Å². The number of carbonyl (C=O) groups is 4. The van der Waals surface area contributed by atoms with E-state index in [1.165, 1.54) is 0 Å². The van der Waals surface area contributed by atoms with Crippen molar-refractivity contribution >= 4 is 23.9 Å². The second-order valence-electron chi connectivity index (χ2n) is 3.99. The molecule has 120 valence electrons. The molecule has 0 aromatic rings. The van der Waals surface area contributed by atoms with Gasteiger partial charge in [0.25, 0.3) is 0 Å². The first kappa shape index (κ1) is 24.8. The average Bonchev–Trinajstić information content (AvgIpc) is 2.30.